The average Bonchev–Trinajstić information content (AvgIpc) is 2.48. The summed E-state index contributed by atoms with van der Waals surface area (Å²) in [6.45, 7) is 0. The van der Waals surface area contributed by atoms with Gasteiger partial charge in [-0.3, -0.25) is 4.79 Å². The first-order chi connectivity index (χ1) is 9.75. The van der Waals surface area contributed by atoms with Gasteiger partial charge in [-0.1, -0.05) is 48.5 Å². The molecular formula is C18H12O2. The Morgan fingerprint density at radius 3 is 2.60 bits per heavy atom. The molecule has 0 spiro atoms. The number of phenolic OH excluding ortho intramolecular Hbond substituents is 1. The van der Waals surface area contributed by atoms with Gasteiger partial charge in [-0.05, 0) is 22.4 Å². The molecule has 0 saturated heterocycles. The summed E-state index contributed by atoms with van der Waals surface area (Å²) in [5, 5.41) is 12.1. The van der Waals surface area contributed by atoms with E-state index in [0.29, 0.717) is 12.0 Å². The number of ketones is 1. The molecule has 0 heterocycles. The molecule has 0 fully saturated rings. The molecule has 0 bridgehead atoms. The van der Waals surface area contributed by atoms with Gasteiger partial charge in [0.25, 0.3) is 0 Å². The Hall–Kier alpha value is -2.61. The molecular weight excluding hydrogens is 248 g/mol. The highest BCUT2D eigenvalue weighted by Crippen LogP contribution is 2.37. The van der Waals surface area contributed by atoms with E-state index in [4.69, 9.17) is 0 Å². The minimum atomic E-state index is 0.00829. The summed E-state index contributed by atoms with van der Waals surface area (Å²) >= 11 is 0. The van der Waals surface area contributed by atoms with Gasteiger partial charge >= 0.3 is 0 Å². The summed E-state index contributed by atoms with van der Waals surface area (Å²) in [4.78, 5) is 12.8. The van der Waals surface area contributed by atoms with Crippen LogP contribution in [0.25, 0.3) is 10.8 Å². The lowest BCUT2D eigenvalue weighted by atomic mass is 9.82. The number of rotatable bonds is 0. The van der Waals surface area contributed by atoms with E-state index >= 15 is 0 Å². The van der Waals surface area contributed by atoms with Gasteiger partial charge in [-0.2, -0.15) is 0 Å². The molecule has 0 saturated carbocycles. The standard InChI is InChI=1S/C18H12O2/c19-16-10-12-6-1-3-7-13(12)17-15(16)9-11-5-2-4-8-14(11)18(17)20/h1-8,10,19H,9H2. The summed E-state index contributed by atoms with van der Waals surface area (Å²) in [6.07, 6.45) is 0.605. The second-order valence-corrected chi connectivity index (χ2v) is 5.13. The van der Waals surface area contributed by atoms with Crippen LogP contribution in [0, 0.1) is 0 Å². The van der Waals surface area contributed by atoms with E-state index in [9.17, 15) is 9.90 Å². The second kappa shape index (κ2) is 3.94. The number of benzene rings is 3. The predicted molar refractivity (Wildman–Crippen MR) is 78.3 cm³/mol. The van der Waals surface area contributed by atoms with Gasteiger partial charge in [-0.25, -0.2) is 0 Å². The molecule has 0 unspecified atom stereocenters. The van der Waals surface area contributed by atoms with Crippen molar-refractivity contribution in [3.63, 3.8) is 0 Å². The largest absolute Gasteiger partial charge is 0.508 e. The third-order valence-electron chi connectivity index (χ3n) is 3.99. The molecule has 4 rings (SSSR count). The Bertz CT molecular complexity index is 862. The lowest BCUT2D eigenvalue weighted by Gasteiger charge is -2.21. The van der Waals surface area contributed by atoms with Crippen LogP contribution in [0.3, 0.4) is 0 Å². The minimum Gasteiger partial charge on any atom is -0.508 e. The predicted octanol–water partition coefficient (Wildman–Crippen LogP) is 3.68. The molecule has 1 aliphatic carbocycles. The van der Waals surface area contributed by atoms with Gasteiger partial charge < -0.3 is 5.11 Å². The first-order valence-corrected chi connectivity index (χ1v) is 6.62. The Morgan fingerprint density at radius 1 is 0.950 bits per heavy atom. The van der Waals surface area contributed by atoms with E-state index in [0.717, 1.165) is 27.5 Å². The smallest absolute Gasteiger partial charge is 0.194 e. The van der Waals surface area contributed by atoms with Crippen LogP contribution in [-0.2, 0) is 6.42 Å². The third kappa shape index (κ3) is 1.42. The lowest BCUT2D eigenvalue weighted by Crippen LogP contribution is -2.15. The molecule has 1 aliphatic rings. The molecule has 0 aliphatic heterocycles. The van der Waals surface area contributed by atoms with E-state index in [1.807, 2.05) is 48.5 Å². The molecule has 96 valence electrons. The average molecular weight is 260 g/mol. The summed E-state index contributed by atoms with van der Waals surface area (Å²) in [6, 6.07) is 17.1. The summed E-state index contributed by atoms with van der Waals surface area (Å²) in [7, 11) is 0. The third-order valence-corrected chi connectivity index (χ3v) is 3.99. The highest BCUT2D eigenvalue weighted by Gasteiger charge is 2.27. The van der Waals surface area contributed by atoms with Gasteiger partial charge in [0.05, 0.1) is 0 Å². The van der Waals surface area contributed by atoms with Crippen molar-refractivity contribution in [2.45, 2.75) is 6.42 Å². The van der Waals surface area contributed by atoms with Gasteiger partial charge in [0.1, 0.15) is 5.75 Å². The van der Waals surface area contributed by atoms with E-state index in [1.165, 1.54) is 0 Å². The van der Waals surface area contributed by atoms with Crippen LogP contribution in [0.5, 0.6) is 5.75 Å². The number of carbonyl (C=O) groups excluding carboxylic acids is 1. The van der Waals surface area contributed by atoms with Crippen molar-refractivity contribution in [2.24, 2.45) is 0 Å². The topological polar surface area (TPSA) is 37.3 Å². The van der Waals surface area contributed by atoms with Gasteiger partial charge in [-0.15, -0.1) is 0 Å². The van der Waals surface area contributed by atoms with Crippen molar-refractivity contribution < 1.29 is 9.90 Å². The second-order valence-electron chi connectivity index (χ2n) is 5.13. The number of hydrogen-bond donors (Lipinski definition) is 1. The molecule has 3 aromatic rings. The maximum atomic E-state index is 12.8. The van der Waals surface area contributed by atoms with Crippen molar-refractivity contribution in [3.8, 4) is 5.75 Å². The monoisotopic (exact) mass is 260 g/mol. The Labute approximate surface area is 116 Å². The van der Waals surface area contributed by atoms with E-state index in [-0.39, 0.29) is 11.5 Å². The Balaban J connectivity index is 2.11. The van der Waals surface area contributed by atoms with Crippen molar-refractivity contribution in [2.75, 3.05) is 0 Å². The lowest BCUT2D eigenvalue weighted by molar-refractivity contribution is 0.103. The fourth-order valence-corrected chi connectivity index (χ4v) is 3.03. The van der Waals surface area contributed by atoms with Crippen LogP contribution >= 0.6 is 0 Å². The molecule has 2 nitrogen and oxygen atoms in total. The van der Waals surface area contributed by atoms with Crippen molar-refractivity contribution in [1.82, 2.24) is 0 Å². The molecule has 1 N–H and O–H groups in total. The normalized spacial score (nSPS) is 13.1. The van der Waals surface area contributed by atoms with Crippen molar-refractivity contribution >= 4 is 16.6 Å². The maximum Gasteiger partial charge on any atom is 0.194 e. The molecule has 2 heteroatoms. The molecule has 3 aromatic carbocycles. The fraction of sp³-hybridized carbons (Fsp3) is 0.0556. The zero-order chi connectivity index (χ0) is 13.7. The van der Waals surface area contributed by atoms with Crippen LogP contribution in [0.4, 0.5) is 0 Å². The van der Waals surface area contributed by atoms with Crippen LogP contribution < -0.4 is 0 Å². The molecule has 0 amide bonds. The van der Waals surface area contributed by atoms with Crippen LogP contribution in [-0.4, -0.2) is 10.9 Å². The molecule has 0 radical (unpaired) electrons. The van der Waals surface area contributed by atoms with Crippen LogP contribution in [0.15, 0.2) is 54.6 Å². The first-order valence-electron chi connectivity index (χ1n) is 6.62. The highest BCUT2D eigenvalue weighted by molar-refractivity contribution is 6.19. The van der Waals surface area contributed by atoms with Crippen molar-refractivity contribution in [1.29, 1.82) is 0 Å². The quantitative estimate of drug-likeness (QED) is 0.523. The van der Waals surface area contributed by atoms with E-state index in [1.54, 1.807) is 6.07 Å². The summed E-state index contributed by atoms with van der Waals surface area (Å²) in [5.41, 5.74) is 3.12. The molecule has 0 aromatic heterocycles. The summed E-state index contributed by atoms with van der Waals surface area (Å²) in [5.74, 6) is 0.218. The number of hydrogen-bond acceptors (Lipinski definition) is 2. The van der Waals surface area contributed by atoms with Crippen LogP contribution in [0.2, 0.25) is 0 Å². The Kier molecular flexibility index (Phi) is 2.21. The van der Waals surface area contributed by atoms with Gasteiger partial charge in [0.15, 0.2) is 5.78 Å². The molecule has 0 atom stereocenters. The zero-order valence-corrected chi connectivity index (χ0v) is 10.8. The maximum absolute atomic E-state index is 12.8. The SMILES string of the molecule is O=C1c2ccccc2Cc2c(O)cc3ccccc3c21. The van der Waals surface area contributed by atoms with Crippen LogP contribution in [0.1, 0.15) is 27.0 Å². The van der Waals surface area contributed by atoms with E-state index in [2.05, 4.69) is 0 Å². The number of phenols is 1. The minimum absolute atomic E-state index is 0.00829. The first kappa shape index (κ1) is 11.2. The fourth-order valence-electron chi connectivity index (χ4n) is 3.03. The number of fused-ring (bicyclic) bond motifs is 4. The summed E-state index contributed by atoms with van der Waals surface area (Å²) < 4.78 is 0. The van der Waals surface area contributed by atoms with E-state index < -0.39 is 0 Å². The number of carbonyl (C=O) groups is 1. The van der Waals surface area contributed by atoms with Crippen molar-refractivity contribution in [3.05, 3.63) is 76.9 Å². The highest BCUT2D eigenvalue weighted by atomic mass is 16.3. The van der Waals surface area contributed by atoms with Gasteiger partial charge in [0, 0.05) is 23.1 Å². The zero-order valence-electron chi connectivity index (χ0n) is 10.8. The molecule has 20 heavy (non-hydrogen) atoms. The Morgan fingerprint density at radius 2 is 1.70 bits per heavy atom. The van der Waals surface area contributed by atoms with Gasteiger partial charge in [0.2, 0.25) is 0 Å². The number of aromatic hydroxyl groups is 1.